The van der Waals surface area contributed by atoms with Gasteiger partial charge in [-0.3, -0.25) is 4.90 Å². The van der Waals surface area contributed by atoms with Crippen LogP contribution in [0.2, 0.25) is 0 Å². The quantitative estimate of drug-likeness (QED) is 0.838. The van der Waals surface area contributed by atoms with Gasteiger partial charge < -0.3 is 10.4 Å². The second kappa shape index (κ2) is 7.16. The van der Waals surface area contributed by atoms with E-state index in [2.05, 4.69) is 17.1 Å². The fourth-order valence-corrected chi connectivity index (χ4v) is 3.17. The number of likely N-dealkylation sites (tertiary alicyclic amines) is 1. The van der Waals surface area contributed by atoms with Gasteiger partial charge in [0.1, 0.15) is 5.82 Å². The Balaban J connectivity index is 1.96. The Morgan fingerprint density at radius 3 is 2.85 bits per heavy atom. The van der Waals surface area contributed by atoms with Crippen molar-refractivity contribution >= 4 is 0 Å². The molecule has 3 unspecified atom stereocenters. The van der Waals surface area contributed by atoms with Gasteiger partial charge in [-0.25, -0.2) is 4.39 Å². The summed E-state index contributed by atoms with van der Waals surface area (Å²) in [7, 11) is 1.87. The number of hydrogen-bond donors (Lipinski definition) is 2. The molecule has 4 heteroatoms. The molecule has 3 atom stereocenters. The Morgan fingerprint density at radius 2 is 2.20 bits per heavy atom. The predicted molar refractivity (Wildman–Crippen MR) is 79.0 cm³/mol. The van der Waals surface area contributed by atoms with Gasteiger partial charge in [0.05, 0.1) is 6.61 Å². The average molecular weight is 280 g/mol. The number of rotatable bonds is 6. The number of aliphatic hydroxyl groups is 1. The van der Waals surface area contributed by atoms with Gasteiger partial charge in [-0.2, -0.15) is 0 Å². The van der Waals surface area contributed by atoms with Crippen molar-refractivity contribution in [2.24, 2.45) is 5.92 Å². The molecule has 0 amide bonds. The Hall–Kier alpha value is -0.970. The van der Waals surface area contributed by atoms with Gasteiger partial charge in [-0.1, -0.05) is 25.1 Å². The second-order valence-corrected chi connectivity index (χ2v) is 5.70. The first-order valence-corrected chi connectivity index (χ1v) is 7.44. The van der Waals surface area contributed by atoms with E-state index in [1.54, 1.807) is 6.07 Å². The molecule has 1 aliphatic rings. The molecule has 20 heavy (non-hydrogen) atoms. The third-order valence-electron chi connectivity index (χ3n) is 4.52. The largest absolute Gasteiger partial charge is 0.395 e. The van der Waals surface area contributed by atoms with Gasteiger partial charge in [0.25, 0.3) is 0 Å². The van der Waals surface area contributed by atoms with E-state index in [4.69, 9.17) is 0 Å². The Morgan fingerprint density at radius 1 is 1.45 bits per heavy atom. The van der Waals surface area contributed by atoms with Crippen molar-refractivity contribution in [2.75, 3.05) is 26.7 Å². The minimum absolute atomic E-state index is 0.0199. The highest BCUT2D eigenvalue weighted by atomic mass is 19.1. The van der Waals surface area contributed by atoms with Crippen LogP contribution in [-0.4, -0.2) is 42.8 Å². The molecule has 1 aromatic rings. The first kappa shape index (κ1) is 15.4. The van der Waals surface area contributed by atoms with Crippen LogP contribution in [0.5, 0.6) is 0 Å². The molecule has 0 bridgehead atoms. The first-order valence-electron chi connectivity index (χ1n) is 7.44. The molecule has 0 aromatic heterocycles. The highest BCUT2D eigenvalue weighted by molar-refractivity contribution is 5.21. The third-order valence-corrected chi connectivity index (χ3v) is 4.52. The van der Waals surface area contributed by atoms with Crippen molar-refractivity contribution in [3.05, 3.63) is 35.6 Å². The van der Waals surface area contributed by atoms with Crippen molar-refractivity contribution in [1.29, 1.82) is 0 Å². The standard InChI is InChI=1S/C16H25FN2O/c1-12-7-9-19(16(12)11-20)10-8-15(18-2)13-5-3-4-6-14(13)17/h3-6,12,15-16,18,20H,7-11H2,1-2H3. The van der Waals surface area contributed by atoms with Crippen LogP contribution in [0.1, 0.15) is 31.4 Å². The molecule has 1 fully saturated rings. The zero-order chi connectivity index (χ0) is 14.5. The molecule has 0 radical (unpaired) electrons. The maximum atomic E-state index is 13.8. The molecule has 112 valence electrons. The minimum Gasteiger partial charge on any atom is -0.395 e. The summed E-state index contributed by atoms with van der Waals surface area (Å²) in [6.07, 6.45) is 1.98. The van der Waals surface area contributed by atoms with Crippen molar-refractivity contribution in [3.8, 4) is 0 Å². The van der Waals surface area contributed by atoms with Crippen molar-refractivity contribution in [1.82, 2.24) is 10.2 Å². The minimum atomic E-state index is -0.152. The summed E-state index contributed by atoms with van der Waals surface area (Å²) in [5, 5.41) is 12.7. The summed E-state index contributed by atoms with van der Waals surface area (Å²) < 4.78 is 13.8. The van der Waals surface area contributed by atoms with Crippen LogP contribution in [0.3, 0.4) is 0 Å². The van der Waals surface area contributed by atoms with Crippen molar-refractivity contribution in [3.63, 3.8) is 0 Å². The second-order valence-electron chi connectivity index (χ2n) is 5.70. The lowest BCUT2D eigenvalue weighted by Gasteiger charge is -2.27. The molecular weight excluding hydrogens is 255 g/mol. The number of nitrogens with zero attached hydrogens (tertiary/aromatic N) is 1. The van der Waals surface area contributed by atoms with Crippen LogP contribution in [0.25, 0.3) is 0 Å². The van der Waals surface area contributed by atoms with E-state index in [9.17, 15) is 9.50 Å². The van der Waals surface area contributed by atoms with Gasteiger partial charge in [0.15, 0.2) is 0 Å². The van der Waals surface area contributed by atoms with Gasteiger partial charge in [-0.05, 0) is 38.4 Å². The molecule has 1 aromatic carbocycles. The molecule has 0 aliphatic carbocycles. The van der Waals surface area contributed by atoms with E-state index in [1.807, 2.05) is 19.2 Å². The molecule has 2 rings (SSSR count). The van der Waals surface area contributed by atoms with E-state index in [0.29, 0.717) is 5.92 Å². The average Bonchev–Trinajstić information content (AvgIpc) is 2.81. The molecule has 0 spiro atoms. The van der Waals surface area contributed by atoms with E-state index in [0.717, 1.165) is 31.5 Å². The fourth-order valence-electron chi connectivity index (χ4n) is 3.17. The zero-order valence-corrected chi connectivity index (χ0v) is 12.3. The van der Waals surface area contributed by atoms with Crippen LogP contribution >= 0.6 is 0 Å². The van der Waals surface area contributed by atoms with Crippen LogP contribution < -0.4 is 5.32 Å². The van der Waals surface area contributed by atoms with Crippen LogP contribution in [0, 0.1) is 11.7 Å². The van der Waals surface area contributed by atoms with Crippen LogP contribution in [0.15, 0.2) is 24.3 Å². The van der Waals surface area contributed by atoms with Crippen LogP contribution in [0.4, 0.5) is 4.39 Å². The summed E-state index contributed by atoms with van der Waals surface area (Å²) in [5.41, 5.74) is 0.725. The third kappa shape index (κ3) is 3.37. The summed E-state index contributed by atoms with van der Waals surface area (Å²) in [6.45, 7) is 4.31. The monoisotopic (exact) mass is 280 g/mol. The molecular formula is C16H25FN2O. The summed E-state index contributed by atoms with van der Waals surface area (Å²) in [5.74, 6) is 0.391. The summed E-state index contributed by atoms with van der Waals surface area (Å²) in [4.78, 5) is 2.33. The predicted octanol–water partition coefficient (Wildman–Crippen LogP) is 2.18. The highest BCUT2D eigenvalue weighted by Gasteiger charge is 2.30. The van der Waals surface area contributed by atoms with Gasteiger partial charge in [-0.15, -0.1) is 0 Å². The number of benzene rings is 1. The normalized spacial score (nSPS) is 25.0. The lowest BCUT2D eigenvalue weighted by atomic mass is 10.0. The van der Waals surface area contributed by atoms with E-state index >= 15 is 0 Å². The molecule has 1 saturated heterocycles. The number of halogens is 1. The van der Waals surface area contributed by atoms with Gasteiger partial charge >= 0.3 is 0 Å². The van der Waals surface area contributed by atoms with E-state index < -0.39 is 0 Å². The molecule has 3 nitrogen and oxygen atoms in total. The number of hydrogen-bond acceptors (Lipinski definition) is 3. The number of aliphatic hydroxyl groups excluding tert-OH is 1. The van der Waals surface area contributed by atoms with Gasteiger partial charge in [0, 0.05) is 24.2 Å². The molecule has 1 heterocycles. The van der Waals surface area contributed by atoms with Crippen molar-refractivity contribution in [2.45, 2.75) is 31.8 Å². The molecule has 0 saturated carbocycles. The molecule has 1 aliphatic heterocycles. The lowest BCUT2D eigenvalue weighted by molar-refractivity contribution is 0.135. The van der Waals surface area contributed by atoms with Crippen molar-refractivity contribution < 1.29 is 9.50 Å². The maximum Gasteiger partial charge on any atom is 0.127 e. The topological polar surface area (TPSA) is 35.5 Å². The first-order chi connectivity index (χ1) is 9.67. The Labute approximate surface area is 120 Å². The summed E-state index contributed by atoms with van der Waals surface area (Å²) in [6, 6.07) is 7.22. The van der Waals surface area contributed by atoms with Gasteiger partial charge in [0.2, 0.25) is 0 Å². The SMILES string of the molecule is CNC(CCN1CCC(C)C1CO)c1ccccc1F. The fraction of sp³-hybridized carbons (Fsp3) is 0.625. The smallest absolute Gasteiger partial charge is 0.127 e. The summed E-state index contributed by atoms with van der Waals surface area (Å²) >= 11 is 0. The molecule has 2 N–H and O–H groups in total. The van der Waals surface area contributed by atoms with Crippen LogP contribution in [-0.2, 0) is 0 Å². The maximum absolute atomic E-state index is 13.8. The zero-order valence-electron chi connectivity index (χ0n) is 12.3. The Kier molecular flexibility index (Phi) is 5.52. The lowest BCUT2D eigenvalue weighted by Crippen LogP contribution is -2.37. The highest BCUT2D eigenvalue weighted by Crippen LogP contribution is 2.26. The number of nitrogens with one attached hydrogen (secondary N) is 1. The Bertz CT molecular complexity index is 427. The van der Waals surface area contributed by atoms with E-state index in [-0.39, 0.29) is 24.5 Å². The van der Waals surface area contributed by atoms with E-state index in [1.165, 1.54) is 6.07 Å².